The number of carbonyl (C=O) groups excluding carboxylic acids is 3. The summed E-state index contributed by atoms with van der Waals surface area (Å²) in [7, 11) is 1.40. The molecule has 3 aromatic rings. The first-order valence-corrected chi connectivity index (χ1v) is 13.6. The van der Waals surface area contributed by atoms with Gasteiger partial charge in [-0.2, -0.15) is 0 Å². The molecule has 1 heterocycles. The van der Waals surface area contributed by atoms with E-state index in [1.165, 1.54) is 7.11 Å². The van der Waals surface area contributed by atoms with Crippen molar-refractivity contribution in [1.82, 2.24) is 0 Å². The van der Waals surface area contributed by atoms with Gasteiger partial charge in [-0.3, -0.25) is 0 Å². The number of rotatable bonds is 12. The van der Waals surface area contributed by atoms with E-state index in [-0.39, 0.29) is 6.61 Å². The van der Waals surface area contributed by atoms with Crippen molar-refractivity contribution in [3.63, 3.8) is 0 Å². The number of benzene rings is 3. The third-order valence-electron chi connectivity index (χ3n) is 6.53. The van der Waals surface area contributed by atoms with Crippen molar-refractivity contribution in [3.8, 4) is 0 Å². The van der Waals surface area contributed by atoms with Gasteiger partial charge in [-0.05, 0) is 42.8 Å². The second-order valence-corrected chi connectivity index (χ2v) is 9.40. The van der Waals surface area contributed by atoms with Gasteiger partial charge in [0.1, 0.15) is 18.8 Å². The second kappa shape index (κ2) is 15.1. The lowest BCUT2D eigenvalue weighted by atomic mass is 9.97. The largest absolute Gasteiger partial charge is 0.459 e. The van der Waals surface area contributed by atoms with Crippen LogP contribution in [0.25, 0.3) is 0 Å². The molecule has 0 aliphatic carbocycles. The Morgan fingerprint density at radius 1 is 0.683 bits per heavy atom. The number of esters is 3. The van der Waals surface area contributed by atoms with Crippen molar-refractivity contribution in [2.45, 2.75) is 50.5 Å². The average molecular weight is 563 g/mol. The second-order valence-electron chi connectivity index (χ2n) is 9.40. The summed E-state index contributed by atoms with van der Waals surface area (Å²) in [6, 6.07) is 25.4. The molecular formula is C32H34O9. The van der Waals surface area contributed by atoms with Crippen LogP contribution in [-0.4, -0.2) is 68.9 Å². The van der Waals surface area contributed by atoms with E-state index in [1.807, 2.05) is 6.92 Å². The normalized spacial score (nSPS) is 22.0. The number of hydrogen-bond donors (Lipinski definition) is 0. The molecule has 9 nitrogen and oxygen atoms in total. The molecule has 1 aliphatic rings. The average Bonchev–Trinajstić information content (AvgIpc) is 3.02. The Hall–Kier alpha value is -4.05. The number of methoxy groups -OCH3 is 1. The van der Waals surface area contributed by atoms with Crippen molar-refractivity contribution in [2.75, 3.05) is 20.3 Å². The van der Waals surface area contributed by atoms with Gasteiger partial charge in [0.25, 0.3) is 0 Å². The quantitative estimate of drug-likeness (QED) is 0.174. The molecule has 0 bridgehead atoms. The van der Waals surface area contributed by atoms with Crippen LogP contribution in [0.4, 0.5) is 0 Å². The summed E-state index contributed by atoms with van der Waals surface area (Å²) in [6.07, 6.45) is -3.72. The number of unbranched alkanes of at least 4 members (excludes halogenated alkanes) is 1. The van der Waals surface area contributed by atoms with Gasteiger partial charge in [0.05, 0.1) is 16.7 Å². The Labute approximate surface area is 239 Å². The lowest BCUT2D eigenvalue weighted by molar-refractivity contribution is -0.299. The highest BCUT2D eigenvalue weighted by molar-refractivity contribution is 5.90. The van der Waals surface area contributed by atoms with Crippen molar-refractivity contribution >= 4 is 17.9 Å². The minimum absolute atomic E-state index is 0.271. The van der Waals surface area contributed by atoms with Crippen molar-refractivity contribution in [3.05, 3.63) is 108 Å². The van der Waals surface area contributed by atoms with Crippen molar-refractivity contribution < 1.29 is 42.8 Å². The number of carbonyl (C=O) groups is 3. The van der Waals surface area contributed by atoms with Gasteiger partial charge in [-0.1, -0.05) is 67.9 Å². The fourth-order valence-corrected chi connectivity index (χ4v) is 4.37. The van der Waals surface area contributed by atoms with Crippen LogP contribution in [-0.2, 0) is 28.4 Å². The summed E-state index contributed by atoms with van der Waals surface area (Å²) < 4.78 is 35.3. The van der Waals surface area contributed by atoms with E-state index in [1.54, 1.807) is 91.0 Å². The molecule has 216 valence electrons. The highest BCUT2D eigenvalue weighted by Crippen LogP contribution is 2.31. The number of hydrogen-bond acceptors (Lipinski definition) is 9. The first-order chi connectivity index (χ1) is 20.0. The lowest BCUT2D eigenvalue weighted by Crippen LogP contribution is -2.62. The van der Waals surface area contributed by atoms with E-state index in [4.69, 9.17) is 28.4 Å². The zero-order valence-electron chi connectivity index (χ0n) is 23.0. The number of ether oxygens (including phenoxy) is 6. The lowest BCUT2D eigenvalue weighted by Gasteiger charge is -2.44. The van der Waals surface area contributed by atoms with Crippen LogP contribution in [0, 0.1) is 0 Å². The molecule has 0 aromatic heterocycles. The Kier molecular flexibility index (Phi) is 11.0. The summed E-state index contributed by atoms with van der Waals surface area (Å²) in [6.45, 7) is 2.04. The van der Waals surface area contributed by atoms with Gasteiger partial charge in [-0.15, -0.1) is 0 Å². The Balaban J connectivity index is 1.63. The molecule has 0 radical (unpaired) electrons. The first-order valence-electron chi connectivity index (χ1n) is 13.6. The molecule has 1 fully saturated rings. The highest BCUT2D eigenvalue weighted by atomic mass is 16.7. The third kappa shape index (κ3) is 8.00. The maximum absolute atomic E-state index is 13.2. The summed E-state index contributed by atoms with van der Waals surface area (Å²) in [4.78, 5) is 39.0. The van der Waals surface area contributed by atoms with Crippen LogP contribution < -0.4 is 0 Å². The maximum atomic E-state index is 13.2. The maximum Gasteiger partial charge on any atom is 0.338 e. The third-order valence-corrected chi connectivity index (χ3v) is 6.53. The predicted molar refractivity (Wildman–Crippen MR) is 148 cm³/mol. The summed E-state index contributed by atoms with van der Waals surface area (Å²) >= 11 is 0. The molecular weight excluding hydrogens is 528 g/mol. The SMILES string of the molecule is CCCCOC1C(OC(=O)c2ccccc2)[C@H](OC)OC(COC(=O)c2ccccc2)[C@H]1OC(=O)c1ccccc1. The molecule has 0 saturated carbocycles. The van der Waals surface area contributed by atoms with Gasteiger partial charge >= 0.3 is 17.9 Å². The van der Waals surface area contributed by atoms with Crippen LogP contribution >= 0.6 is 0 Å². The van der Waals surface area contributed by atoms with Crippen LogP contribution in [0.15, 0.2) is 91.0 Å². The predicted octanol–water partition coefficient (Wildman–Crippen LogP) is 4.85. The monoisotopic (exact) mass is 562 g/mol. The molecule has 0 amide bonds. The minimum atomic E-state index is -1.11. The molecule has 3 aromatic carbocycles. The van der Waals surface area contributed by atoms with E-state index < -0.39 is 48.6 Å². The fraction of sp³-hybridized carbons (Fsp3) is 0.344. The molecule has 1 saturated heterocycles. The van der Waals surface area contributed by atoms with E-state index in [0.29, 0.717) is 29.7 Å². The topological polar surface area (TPSA) is 107 Å². The van der Waals surface area contributed by atoms with Crippen LogP contribution in [0.1, 0.15) is 50.8 Å². The molecule has 0 N–H and O–H groups in total. The summed E-state index contributed by atoms with van der Waals surface area (Å²) in [5, 5.41) is 0. The van der Waals surface area contributed by atoms with E-state index in [2.05, 4.69) is 0 Å². The van der Waals surface area contributed by atoms with E-state index in [0.717, 1.165) is 6.42 Å². The Bertz CT molecular complexity index is 1250. The highest BCUT2D eigenvalue weighted by Gasteiger charge is 2.51. The van der Waals surface area contributed by atoms with E-state index >= 15 is 0 Å². The van der Waals surface area contributed by atoms with Crippen LogP contribution in [0.5, 0.6) is 0 Å². The molecule has 41 heavy (non-hydrogen) atoms. The Morgan fingerprint density at radius 3 is 1.66 bits per heavy atom. The van der Waals surface area contributed by atoms with Gasteiger partial charge in [0.15, 0.2) is 18.5 Å². The summed E-state index contributed by atoms with van der Waals surface area (Å²) in [5.41, 5.74) is 0.993. The first kappa shape index (κ1) is 29.9. The zero-order chi connectivity index (χ0) is 29.0. The van der Waals surface area contributed by atoms with Crippen LogP contribution in [0.2, 0.25) is 0 Å². The Morgan fingerprint density at radius 2 is 1.17 bits per heavy atom. The van der Waals surface area contributed by atoms with Gasteiger partial charge in [0.2, 0.25) is 0 Å². The molecule has 3 unspecified atom stereocenters. The van der Waals surface area contributed by atoms with Gasteiger partial charge < -0.3 is 28.4 Å². The smallest absolute Gasteiger partial charge is 0.338 e. The molecule has 4 rings (SSSR count). The molecule has 5 atom stereocenters. The van der Waals surface area contributed by atoms with Crippen molar-refractivity contribution in [1.29, 1.82) is 0 Å². The minimum Gasteiger partial charge on any atom is -0.459 e. The van der Waals surface area contributed by atoms with Gasteiger partial charge in [0, 0.05) is 13.7 Å². The van der Waals surface area contributed by atoms with Gasteiger partial charge in [-0.25, -0.2) is 14.4 Å². The zero-order valence-corrected chi connectivity index (χ0v) is 23.0. The molecule has 9 heteroatoms. The van der Waals surface area contributed by atoms with E-state index in [9.17, 15) is 14.4 Å². The van der Waals surface area contributed by atoms with Crippen LogP contribution in [0.3, 0.4) is 0 Å². The standard InChI is InChI=1S/C32H34O9/c1-3-4-20-37-27-26(40-30(34)23-16-10-6-11-17-23)25(21-38-29(33)22-14-8-5-9-15-22)39-32(36-2)28(27)41-31(35)24-18-12-7-13-19-24/h5-19,25-28,32H,3-4,20-21H2,1-2H3/t25?,26-,27?,28?,32-/m1/s1. The van der Waals surface area contributed by atoms with Crippen molar-refractivity contribution in [2.24, 2.45) is 0 Å². The molecule has 1 aliphatic heterocycles. The molecule has 0 spiro atoms. The fourth-order valence-electron chi connectivity index (χ4n) is 4.37. The summed E-state index contributed by atoms with van der Waals surface area (Å²) in [5.74, 6) is -1.82.